The minimum Gasteiger partial charge on any atom is -0.480 e. The molecule has 3 N–H and O–H groups in total. The average Bonchev–Trinajstić information content (AvgIpc) is 3.03. The highest BCUT2D eigenvalue weighted by molar-refractivity contribution is 5.97. The Kier molecular flexibility index (Phi) is 4.26. The van der Waals surface area contributed by atoms with E-state index in [4.69, 9.17) is 10.2 Å². The van der Waals surface area contributed by atoms with E-state index >= 15 is 0 Å². The van der Waals surface area contributed by atoms with Crippen LogP contribution in [-0.2, 0) is 4.79 Å². The second kappa shape index (κ2) is 6.51. The number of carbonyl (C=O) groups is 2. The van der Waals surface area contributed by atoms with Gasteiger partial charge in [0.1, 0.15) is 5.65 Å². The number of aliphatic carboxylic acids is 1. The lowest BCUT2D eigenvalue weighted by Crippen LogP contribution is -2.43. The molecular weight excluding hydrogens is 310 g/mol. The van der Waals surface area contributed by atoms with Crippen LogP contribution < -0.4 is 5.32 Å². The highest BCUT2D eigenvalue weighted by atomic mass is 16.4. The maximum Gasteiger partial charge on any atom is 0.328 e. The van der Waals surface area contributed by atoms with Crippen molar-refractivity contribution in [3.05, 3.63) is 60.4 Å². The largest absolute Gasteiger partial charge is 0.480 e. The molecule has 0 bridgehead atoms. The Bertz CT molecular complexity index is 889. The molecule has 122 valence electrons. The lowest BCUT2D eigenvalue weighted by molar-refractivity contribution is -0.140. The number of imidazole rings is 1. The highest BCUT2D eigenvalue weighted by Crippen LogP contribution is 2.19. The Balaban J connectivity index is 1.88. The molecule has 3 rings (SSSR count). The van der Waals surface area contributed by atoms with Gasteiger partial charge in [0, 0.05) is 23.5 Å². The van der Waals surface area contributed by atoms with Gasteiger partial charge >= 0.3 is 5.97 Å². The summed E-state index contributed by atoms with van der Waals surface area (Å²) in [6.07, 6.45) is 3.53. The molecule has 7 heteroatoms. The third-order valence-electron chi connectivity index (χ3n) is 3.58. The third-order valence-corrected chi connectivity index (χ3v) is 3.58. The zero-order valence-corrected chi connectivity index (χ0v) is 12.6. The Morgan fingerprint density at radius 3 is 2.62 bits per heavy atom. The van der Waals surface area contributed by atoms with Gasteiger partial charge in [0.2, 0.25) is 0 Å². The van der Waals surface area contributed by atoms with Crippen LogP contribution in [0.25, 0.3) is 16.9 Å². The van der Waals surface area contributed by atoms with Gasteiger partial charge in [-0.2, -0.15) is 0 Å². The van der Waals surface area contributed by atoms with Crippen molar-refractivity contribution in [3.63, 3.8) is 0 Å². The fourth-order valence-corrected chi connectivity index (χ4v) is 2.30. The van der Waals surface area contributed by atoms with Crippen molar-refractivity contribution in [2.45, 2.75) is 6.04 Å². The monoisotopic (exact) mass is 325 g/mol. The zero-order valence-electron chi connectivity index (χ0n) is 12.6. The van der Waals surface area contributed by atoms with Gasteiger partial charge in [-0.1, -0.05) is 30.3 Å². The third kappa shape index (κ3) is 3.11. The number of hydrogen-bond acceptors (Lipinski definition) is 4. The Labute approximate surface area is 137 Å². The first kappa shape index (κ1) is 15.7. The number of hydrogen-bond donors (Lipinski definition) is 3. The smallest absolute Gasteiger partial charge is 0.328 e. The molecule has 0 spiro atoms. The fourth-order valence-electron chi connectivity index (χ4n) is 2.30. The number of pyridine rings is 1. The van der Waals surface area contributed by atoms with E-state index in [2.05, 4.69) is 10.3 Å². The molecule has 0 saturated heterocycles. The predicted octanol–water partition coefficient (Wildman–Crippen LogP) is 1.18. The van der Waals surface area contributed by atoms with Crippen LogP contribution in [0.3, 0.4) is 0 Å². The normalized spacial score (nSPS) is 12.0. The number of aliphatic hydroxyl groups excluding tert-OH is 1. The van der Waals surface area contributed by atoms with E-state index in [0.29, 0.717) is 5.65 Å². The molecule has 1 amide bonds. The number of aliphatic hydroxyl groups is 1. The molecule has 0 radical (unpaired) electrons. The maximum atomic E-state index is 12.1. The molecule has 0 aliphatic carbocycles. The fraction of sp³-hybridized carbons (Fsp3) is 0.118. The van der Waals surface area contributed by atoms with Crippen LogP contribution in [0.1, 0.15) is 10.4 Å². The van der Waals surface area contributed by atoms with Gasteiger partial charge in [0.15, 0.2) is 6.04 Å². The number of nitrogens with one attached hydrogen (secondary N) is 1. The van der Waals surface area contributed by atoms with E-state index in [1.54, 1.807) is 22.7 Å². The number of rotatable bonds is 5. The standard InChI is InChI=1S/C17H15N3O4/c21-10-14(17(23)24)19-16(22)12-6-7-20-9-13(18-15(20)8-12)11-4-2-1-3-5-11/h1-9,14,21H,10H2,(H,19,22)(H,23,24). The van der Waals surface area contributed by atoms with E-state index in [1.807, 2.05) is 36.5 Å². The molecule has 0 aliphatic rings. The molecule has 1 unspecified atom stereocenters. The molecule has 2 heterocycles. The van der Waals surface area contributed by atoms with Crippen LogP contribution in [0, 0.1) is 0 Å². The van der Waals surface area contributed by atoms with E-state index in [-0.39, 0.29) is 5.56 Å². The van der Waals surface area contributed by atoms with Crippen LogP contribution in [0.2, 0.25) is 0 Å². The summed E-state index contributed by atoms with van der Waals surface area (Å²) in [5, 5.41) is 20.1. The van der Waals surface area contributed by atoms with Crippen LogP contribution in [-0.4, -0.2) is 44.1 Å². The van der Waals surface area contributed by atoms with Crippen molar-refractivity contribution in [1.29, 1.82) is 0 Å². The summed E-state index contributed by atoms with van der Waals surface area (Å²) >= 11 is 0. The molecule has 1 aromatic carbocycles. The number of fused-ring (bicyclic) bond motifs is 1. The second-order valence-corrected chi connectivity index (χ2v) is 5.22. The minimum absolute atomic E-state index is 0.271. The van der Waals surface area contributed by atoms with E-state index in [9.17, 15) is 9.59 Å². The Hall–Kier alpha value is -3.19. The molecule has 0 aliphatic heterocycles. The number of carbonyl (C=O) groups excluding carboxylic acids is 1. The summed E-state index contributed by atoms with van der Waals surface area (Å²) in [5.74, 6) is -1.87. The molecular formula is C17H15N3O4. The molecule has 1 atom stereocenters. The number of nitrogens with zero attached hydrogens (tertiary/aromatic N) is 2. The molecule has 2 aromatic heterocycles. The number of carboxylic acids is 1. The zero-order chi connectivity index (χ0) is 17.1. The first-order valence-electron chi connectivity index (χ1n) is 7.27. The van der Waals surface area contributed by atoms with Crippen molar-refractivity contribution in [2.24, 2.45) is 0 Å². The van der Waals surface area contributed by atoms with E-state index < -0.39 is 24.5 Å². The lowest BCUT2D eigenvalue weighted by Gasteiger charge is -2.11. The number of carboxylic acid groups (broad SMARTS) is 1. The van der Waals surface area contributed by atoms with E-state index in [0.717, 1.165) is 11.3 Å². The number of benzene rings is 1. The maximum absolute atomic E-state index is 12.1. The van der Waals surface area contributed by atoms with Crippen molar-refractivity contribution < 1.29 is 19.8 Å². The number of aromatic nitrogens is 2. The van der Waals surface area contributed by atoms with Gasteiger partial charge in [-0.25, -0.2) is 9.78 Å². The van der Waals surface area contributed by atoms with Crippen molar-refractivity contribution >= 4 is 17.5 Å². The summed E-state index contributed by atoms with van der Waals surface area (Å²) in [7, 11) is 0. The molecule has 0 saturated carbocycles. The first-order valence-corrected chi connectivity index (χ1v) is 7.27. The van der Waals surface area contributed by atoms with Gasteiger partial charge in [-0.05, 0) is 12.1 Å². The summed E-state index contributed by atoms with van der Waals surface area (Å²) in [5.41, 5.74) is 2.56. The van der Waals surface area contributed by atoms with Gasteiger partial charge < -0.3 is 19.9 Å². The molecule has 3 aromatic rings. The van der Waals surface area contributed by atoms with Crippen LogP contribution in [0.4, 0.5) is 0 Å². The Morgan fingerprint density at radius 1 is 1.21 bits per heavy atom. The molecule has 24 heavy (non-hydrogen) atoms. The molecule has 0 fully saturated rings. The SMILES string of the molecule is O=C(NC(CO)C(=O)O)c1ccn2cc(-c3ccccc3)nc2c1. The van der Waals surface area contributed by atoms with Crippen LogP contribution in [0.15, 0.2) is 54.9 Å². The first-order chi connectivity index (χ1) is 11.6. The summed E-state index contributed by atoms with van der Waals surface area (Å²) < 4.78 is 1.78. The highest BCUT2D eigenvalue weighted by Gasteiger charge is 2.20. The van der Waals surface area contributed by atoms with Gasteiger partial charge in [0.25, 0.3) is 5.91 Å². The second-order valence-electron chi connectivity index (χ2n) is 5.22. The van der Waals surface area contributed by atoms with Crippen molar-refractivity contribution in [1.82, 2.24) is 14.7 Å². The van der Waals surface area contributed by atoms with Crippen molar-refractivity contribution in [3.8, 4) is 11.3 Å². The van der Waals surface area contributed by atoms with Gasteiger partial charge in [-0.15, -0.1) is 0 Å². The van der Waals surface area contributed by atoms with Gasteiger partial charge in [0.05, 0.1) is 12.3 Å². The van der Waals surface area contributed by atoms with Gasteiger partial charge in [-0.3, -0.25) is 4.79 Å². The van der Waals surface area contributed by atoms with Crippen LogP contribution in [0.5, 0.6) is 0 Å². The summed E-state index contributed by atoms with van der Waals surface area (Å²) in [6.45, 7) is -0.676. The predicted molar refractivity (Wildman–Crippen MR) is 86.6 cm³/mol. The topological polar surface area (TPSA) is 104 Å². The minimum atomic E-state index is -1.34. The summed E-state index contributed by atoms with van der Waals surface area (Å²) in [6, 6.07) is 11.4. The quantitative estimate of drug-likeness (QED) is 0.653. The summed E-state index contributed by atoms with van der Waals surface area (Å²) in [4.78, 5) is 27.5. The average molecular weight is 325 g/mol. The van der Waals surface area contributed by atoms with E-state index in [1.165, 1.54) is 0 Å². The Morgan fingerprint density at radius 2 is 1.96 bits per heavy atom. The van der Waals surface area contributed by atoms with Crippen LogP contribution >= 0.6 is 0 Å². The number of amides is 1. The lowest BCUT2D eigenvalue weighted by atomic mass is 10.2. The van der Waals surface area contributed by atoms with Crippen molar-refractivity contribution in [2.75, 3.05) is 6.61 Å². The molecule has 7 nitrogen and oxygen atoms in total.